The first kappa shape index (κ1) is 9.66. The van der Waals surface area contributed by atoms with Crippen LogP contribution in [0.25, 0.3) is 0 Å². The lowest BCUT2D eigenvalue weighted by Gasteiger charge is -2.02. The maximum atomic E-state index is 12.7. The average molecular weight is 181 g/mol. The molecule has 0 aromatic heterocycles. The molecule has 1 unspecified atom stereocenters. The van der Waals surface area contributed by atoms with Crippen LogP contribution < -0.4 is 0 Å². The van der Waals surface area contributed by atoms with E-state index in [9.17, 15) is 8.78 Å². The van der Waals surface area contributed by atoms with Gasteiger partial charge in [0.15, 0.2) is 0 Å². The summed E-state index contributed by atoms with van der Waals surface area (Å²) in [6.45, 7) is 1.71. The van der Waals surface area contributed by atoms with Crippen LogP contribution in [0.3, 0.4) is 0 Å². The number of nitrogens with zero attached hydrogens (tertiary/aromatic N) is 1. The Kier molecular flexibility index (Phi) is 2.97. The molecule has 1 nitrogen and oxygen atoms in total. The fourth-order valence-corrected chi connectivity index (χ4v) is 1.13. The van der Waals surface area contributed by atoms with E-state index in [1.807, 2.05) is 6.07 Å². The van der Waals surface area contributed by atoms with Gasteiger partial charge in [-0.3, -0.25) is 0 Å². The van der Waals surface area contributed by atoms with Crippen molar-refractivity contribution in [3.8, 4) is 6.07 Å². The third kappa shape index (κ3) is 2.83. The van der Waals surface area contributed by atoms with Gasteiger partial charge < -0.3 is 0 Å². The first-order valence-corrected chi connectivity index (χ1v) is 3.96. The van der Waals surface area contributed by atoms with Crippen LogP contribution in [0.4, 0.5) is 8.78 Å². The molecule has 1 atom stereocenters. The number of hydrogen-bond donors (Lipinski definition) is 0. The monoisotopic (exact) mass is 181 g/mol. The number of rotatable bonds is 2. The molecule has 0 aliphatic carbocycles. The Morgan fingerprint density at radius 3 is 2.31 bits per heavy atom. The molecule has 0 heterocycles. The molecule has 0 fully saturated rings. The highest BCUT2D eigenvalue weighted by Crippen LogP contribution is 2.12. The zero-order chi connectivity index (χ0) is 9.84. The molecule has 0 aliphatic rings. The molecule has 0 bridgehead atoms. The van der Waals surface area contributed by atoms with E-state index < -0.39 is 11.6 Å². The highest BCUT2D eigenvalue weighted by Gasteiger charge is 2.04. The Morgan fingerprint density at radius 2 is 1.85 bits per heavy atom. The Bertz CT molecular complexity index is 321. The van der Waals surface area contributed by atoms with Crippen molar-refractivity contribution in [2.75, 3.05) is 0 Å². The first-order valence-electron chi connectivity index (χ1n) is 3.96. The average Bonchev–Trinajstić information content (AvgIpc) is 2.02. The second-order valence-corrected chi connectivity index (χ2v) is 3.01. The van der Waals surface area contributed by atoms with Crippen LogP contribution >= 0.6 is 0 Å². The Hall–Kier alpha value is -1.43. The lowest BCUT2D eigenvalue weighted by molar-refractivity contribution is 0.576. The predicted octanol–water partition coefficient (Wildman–Crippen LogP) is 2.67. The zero-order valence-corrected chi connectivity index (χ0v) is 7.22. The number of halogens is 2. The minimum atomic E-state index is -0.597. The van der Waals surface area contributed by atoms with Crippen molar-refractivity contribution in [2.24, 2.45) is 5.92 Å². The highest BCUT2D eigenvalue weighted by molar-refractivity contribution is 5.19. The molecule has 0 saturated carbocycles. The van der Waals surface area contributed by atoms with Crippen molar-refractivity contribution in [3.63, 3.8) is 0 Å². The van der Waals surface area contributed by atoms with Crippen molar-refractivity contribution < 1.29 is 8.78 Å². The van der Waals surface area contributed by atoms with Gasteiger partial charge in [0.2, 0.25) is 0 Å². The van der Waals surface area contributed by atoms with E-state index in [-0.39, 0.29) is 5.92 Å². The molecule has 0 radical (unpaired) electrons. The van der Waals surface area contributed by atoms with Gasteiger partial charge in [0, 0.05) is 12.0 Å². The largest absolute Gasteiger partial charge is 0.207 e. The summed E-state index contributed by atoms with van der Waals surface area (Å²) in [5, 5.41) is 8.50. The van der Waals surface area contributed by atoms with E-state index >= 15 is 0 Å². The van der Waals surface area contributed by atoms with E-state index in [4.69, 9.17) is 5.26 Å². The van der Waals surface area contributed by atoms with Gasteiger partial charge in [-0.05, 0) is 31.0 Å². The highest BCUT2D eigenvalue weighted by atomic mass is 19.1. The summed E-state index contributed by atoms with van der Waals surface area (Å²) < 4.78 is 25.3. The van der Waals surface area contributed by atoms with Crippen LogP contribution in [-0.2, 0) is 6.42 Å². The predicted molar refractivity (Wildman–Crippen MR) is 44.8 cm³/mol. The van der Waals surface area contributed by atoms with Gasteiger partial charge in [-0.2, -0.15) is 5.26 Å². The third-order valence-electron chi connectivity index (χ3n) is 1.68. The molecule has 1 aromatic rings. The second kappa shape index (κ2) is 3.99. The number of benzene rings is 1. The smallest absolute Gasteiger partial charge is 0.126 e. The molecule has 0 saturated heterocycles. The van der Waals surface area contributed by atoms with Crippen LogP contribution in [0, 0.1) is 28.9 Å². The van der Waals surface area contributed by atoms with Crippen LogP contribution in [0.1, 0.15) is 12.5 Å². The molecule has 3 heteroatoms. The molecule has 0 amide bonds. The van der Waals surface area contributed by atoms with Crippen molar-refractivity contribution in [3.05, 3.63) is 35.4 Å². The molecule has 1 aromatic carbocycles. The molecule has 0 spiro atoms. The molecular formula is C10H9F2N. The topological polar surface area (TPSA) is 23.8 Å². The van der Waals surface area contributed by atoms with Crippen molar-refractivity contribution in [1.82, 2.24) is 0 Å². The minimum Gasteiger partial charge on any atom is -0.207 e. The van der Waals surface area contributed by atoms with Gasteiger partial charge in [-0.25, -0.2) is 8.78 Å². The Balaban J connectivity index is 2.84. The lowest BCUT2D eigenvalue weighted by atomic mass is 10.0. The molecule has 0 aliphatic heterocycles. The zero-order valence-electron chi connectivity index (χ0n) is 7.22. The fraction of sp³-hybridized carbons (Fsp3) is 0.300. The summed E-state index contributed by atoms with van der Waals surface area (Å²) in [4.78, 5) is 0. The van der Waals surface area contributed by atoms with Gasteiger partial charge in [-0.15, -0.1) is 0 Å². The third-order valence-corrected chi connectivity index (χ3v) is 1.68. The van der Waals surface area contributed by atoms with E-state index in [1.165, 1.54) is 12.1 Å². The second-order valence-electron chi connectivity index (χ2n) is 3.01. The summed E-state index contributed by atoms with van der Waals surface area (Å²) in [5.74, 6) is -1.42. The van der Waals surface area contributed by atoms with Crippen LogP contribution in [-0.4, -0.2) is 0 Å². The number of hydrogen-bond acceptors (Lipinski definition) is 1. The standard InChI is InChI=1S/C10H9F2N/c1-7(6-13)2-8-3-9(11)5-10(12)4-8/h3-5,7H,2H2,1H3. The first-order chi connectivity index (χ1) is 6.11. The Labute approximate surface area is 75.6 Å². The fourth-order valence-electron chi connectivity index (χ4n) is 1.13. The summed E-state index contributed by atoms with van der Waals surface area (Å²) in [6.07, 6.45) is 0.380. The summed E-state index contributed by atoms with van der Waals surface area (Å²) in [6, 6.07) is 5.32. The van der Waals surface area contributed by atoms with Gasteiger partial charge in [-0.1, -0.05) is 0 Å². The maximum Gasteiger partial charge on any atom is 0.126 e. The van der Waals surface area contributed by atoms with Crippen molar-refractivity contribution in [2.45, 2.75) is 13.3 Å². The maximum absolute atomic E-state index is 12.7. The van der Waals surface area contributed by atoms with E-state index in [0.717, 1.165) is 6.07 Å². The van der Waals surface area contributed by atoms with Crippen molar-refractivity contribution in [1.29, 1.82) is 5.26 Å². The van der Waals surface area contributed by atoms with Gasteiger partial charge in [0.05, 0.1) is 6.07 Å². The quantitative estimate of drug-likeness (QED) is 0.688. The minimum absolute atomic E-state index is 0.221. The summed E-state index contributed by atoms with van der Waals surface area (Å²) in [7, 11) is 0. The van der Waals surface area contributed by atoms with E-state index in [1.54, 1.807) is 6.92 Å². The lowest BCUT2D eigenvalue weighted by Crippen LogP contribution is -1.97. The molecule has 0 N–H and O–H groups in total. The molecule has 1 rings (SSSR count). The van der Waals surface area contributed by atoms with Crippen molar-refractivity contribution >= 4 is 0 Å². The summed E-state index contributed by atoms with van der Waals surface area (Å²) >= 11 is 0. The SMILES string of the molecule is CC(C#N)Cc1cc(F)cc(F)c1. The number of nitriles is 1. The van der Waals surface area contributed by atoms with Crippen LogP contribution in [0.2, 0.25) is 0 Å². The van der Waals surface area contributed by atoms with Gasteiger partial charge in [0.25, 0.3) is 0 Å². The van der Waals surface area contributed by atoms with Gasteiger partial charge in [0.1, 0.15) is 11.6 Å². The van der Waals surface area contributed by atoms with E-state index in [0.29, 0.717) is 12.0 Å². The van der Waals surface area contributed by atoms with Gasteiger partial charge >= 0.3 is 0 Å². The molecular weight excluding hydrogens is 172 g/mol. The molecule has 68 valence electrons. The van der Waals surface area contributed by atoms with Crippen LogP contribution in [0.5, 0.6) is 0 Å². The van der Waals surface area contributed by atoms with E-state index in [2.05, 4.69) is 0 Å². The molecule has 13 heavy (non-hydrogen) atoms. The normalized spacial score (nSPS) is 12.2. The Morgan fingerprint density at radius 1 is 1.31 bits per heavy atom. The van der Waals surface area contributed by atoms with Crippen LogP contribution in [0.15, 0.2) is 18.2 Å². The summed E-state index contributed by atoms with van der Waals surface area (Å²) in [5.41, 5.74) is 0.520.